The lowest BCUT2D eigenvalue weighted by Gasteiger charge is -2.28. The quantitative estimate of drug-likeness (QED) is 0.809. The minimum absolute atomic E-state index is 0.0671. The fourth-order valence-corrected chi connectivity index (χ4v) is 3.80. The predicted molar refractivity (Wildman–Crippen MR) is 61.0 cm³/mol. The van der Waals surface area contributed by atoms with Gasteiger partial charge in [0.2, 0.25) is 0 Å². The highest BCUT2D eigenvalue weighted by molar-refractivity contribution is 7.94. The van der Waals surface area contributed by atoms with Crippen LogP contribution in [-0.2, 0) is 14.6 Å². The molecule has 1 fully saturated rings. The van der Waals surface area contributed by atoms with Crippen LogP contribution < -0.4 is 5.32 Å². The van der Waals surface area contributed by atoms with Crippen molar-refractivity contribution in [3.63, 3.8) is 0 Å². The highest BCUT2D eigenvalue weighted by Gasteiger charge is 2.56. The van der Waals surface area contributed by atoms with Crippen molar-refractivity contribution in [3.05, 3.63) is 0 Å². The summed E-state index contributed by atoms with van der Waals surface area (Å²) < 4.78 is 27.3. The molecule has 16 heavy (non-hydrogen) atoms. The molecule has 0 radical (unpaired) electrons. The monoisotopic (exact) mass is 249 g/mol. The van der Waals surface area contributed by atoms with Gasteiger partial charge < -0.3 is 10.1 Å². The summed E-state index contributed by atoms with van der Waals surface area (Å²) in [4.78, 5) is 10.9. The first-order valence-corrected chi connectivity index (χ1v) is 6.71. The topological polar surface area (TPSA) is 72.5 Å². The van der Waals surface area contributed by atoms with E-state index in [1.165, 1.54) is 7.11 Å². The van der Waals surface area contributed by atoms with Gasteiger partial charge >= 0.3 is 6.09 Å². The first-order valence-electron chi connectivity index (χ1n) is 5.22. The van der Waals surface area contributed by atoms with Gasteiger partial charge in [-0.1, -0.05) is 0 Å². The van der Waals surface area contributed by atoms with E-state index in [0.29, 0.717) is 12.8 Å². The molecule has 6 heteroatoms. The summed E-state index contributed by atoms with van der Waals surface area (Å²) in [5.74, 6) is 0. The van der Waals surface area contributed by atoms with Gasteiger partial charge in [-0.25, -0.2) is 13.2 Å². The van der Waals surface area contributed by atoms with Crippen molar-refractivity contribution in [2.45, 2.75) is 43.1 Å². The summed E-state index contributed by atoms with van der Waals surface area (Å²) in [6.45, 7) is 5.07. The Kier molecular flexibility index (Phi) is 3.24. The lowest BCUT2D eigenvalue weighted by atomic mass is 10.2. The van der Waals surface area contributed by atoms with Crippen LogP contribution in [0.1, 0.15) is 33.6 Å². The maximum atomic E-state index is 12.2. The van der Waals surface area contributed by atoms with E-state index in [9.17, 15) is 13.2 Å². The normalized spacial score (nSPS) is 19.0. The molecule has 0 aromatic rings. The van der Waals surface area contributed by atoms with Crippen molar-refractivity contribution in [2.24, 2.45) is 0 Å². The summed E-state index contributed by atoms with van der Waals surface area (Å²) >= 11 is 0. The number of rotatable bonds is 4. The van der Waals surface area contributed by atoms with E-state index in [-0.39, 0.29) is 6.54 Å². The molecule has 1 aliphatic rings. The van der Waals surface area contributed by atoms with E-state index in [1.54, 1.807) is 20.8 Å². The van der Waals surface area contributed by atoms with Crippen LogP contribution in [0.2, 0.25) is 0 Å². The highest BCUT2D eigenvalue weighted by Crippen LogP contribution is 2.47. The van der Waals surface area contributed by atoms with Crippen LogP contribution in [0.4, 0.5) is 4.79 Å². The Morgan fingerprint density at radius 2 is 1.94 bits per heavy atom. The summed E-state index contributed by atoms with van der Waals surface area (Å²) in [5.41, 5.74) is 0. The number of carbonyl (C=O) groups is 1. The van der Waals surface area contributed by atoms with Crippen molar-refractivity contribution in [1.82, 2.24) is 5.32 Å². The van der Waals surface area contributed by atoms with Gasteiger partial charge in [-0.3, -0.25) is 0 Å². The Hall–Kier alpha value is -0.780. The molecule has 0 unspecified atom stereocenters. The number of ether oxygens (including phenoxy) is 1. The third-order valence-corrected chi connectivity index (χ3v) is 6.48. The van der Waals surface area contributed by atoms with E-state index in [2.05, 4.69) is 10.1 Å². The lowest BCUT2D eigenvalue weighted by Crippen LogP contribution is -2.48. The fraction of sp³-hybridized carbons (Fsp3) is 0.900. The maximum absolute atomic E-state index is 12.2. The number of alkyl carbamates (subject to hydrolysis) is 1. The second-order valence-corrected chi connectivity index (χ2v) is 8.16. The van der Waals surface area contributed by atoms with Crippen LogP contribution in [0.25, 0.3) is 0 Å². The molecule has 1 aliphatic carbocycles. The van der Waals surface area contributed by atoms with Crippen molar-refractivity contribution < 1.29 is 17.9 Å². The fourth-order valence-electron chi connectivity index (χ4n) is 1.56. The molecule has 0 saturated heterocycles. The number of amides is 1. The van der Waals surface area contributed by atoms with Crippen molar-refractivity contribution in [2.75, 3.05) is 13.7 Å². The Labute approximate surface area is 96.5 Å². The molecule has 1 amide bonds. The molecule has 0 spiro atoms. The predicted octanol–water partition coefficient (Wildman–Crippen LogP) is 1.09. The third kappa shape index (κ3) is 2.16. The summed E-state index contributed by atoms with van der Waals surface area (Å²) in [5, 5.41) is 2.44. The molecule has 94 valence electrons. The van der Waals surface area contributed by atoms with E-state index in [4.69, 9.17) is 0 Å². The van der Waals surface area contributed by atoms with Gasteiger partial charge in [-0.05, 0) is 33.6 Å². The largest absolute Gasteiger partial charge is 0.453 e. The highest BCUT2D eigenvalue weighted by atomic mass is 32.2. The molecule has 0 aromatic heterocycles. The second-order valence-electron chi connectivity index (χ2n) is 5.06. The number of hydrogen-bond donors (Lipinski definition) is 1. The number of nitrogens with one attached hydrogen (secondary N) is 1. The lowest BCUT2D eigenvalue weighted by molar-refractivity contribution is 0.170. The average molecular weight is 249 g/mol. The Bertz CT molecular complexity index is 382. The maximum Gasteiger partial charge on any atom is 0.406 e. The van der Waals surface area contributed by atoms with Crippen LogP contribution in [0.15, 0.2) is 0 Å². The van der Waals surface area contributed by atoms with Crippen LogP contribution >= 0.6 is 0 Å². The molecule has 0 aromatic carbocycles. The van der Waals surface area contributed by atoms with Gasteiger partial charge in [0.1, 0.15) is 0 Å². The number of methoxy groups -OCH3 is 1. The smallest absolute Gasteiger partial charge is 0.406 e. The molecular weight excluding hydrogens is 230 g/mol. The number of hydrogen-bond acceptors (Lipinski definition) is 4. The molecular formula is C10H19NO4S. The van der Waals surface area contributed by atoms with Crippen LogP contribution in [0, 0.1) is 0 Å². The van der Waals surface area contributed by atoms with Gasteiger partial charge in [-0.15, -0.1) is 0 Å². The molecule has 0 bridgehead atoms. The standard InChI is InChI=1S/C10H19NO4S/c1-9(2,7-11-8(12)15-4)16(13,14)10(3)5-6-10/h5-7H2,1-4H3,(H,11,12). The molecule has 1 N–H and O–H groups in total. The first kappa shape index (κ1) is 13.3. The summed E-state index contributed by atoms with van der Waals surface area (Å²) in [6, 6.07) is 0. The zero-order chi connectivity index (χ0) is 12.6. The van der Waals surface area contributed by atoms with Crippen molar-refractivity contribution in [1.29, 1.82) is 0 Å². The van der Waals surface area contributed by atoms with Gasteiger partial charge in [0.05, 0.1) is 16.6 Å². The number of sulfone groups is 1. The Balaban J connectivity index is 2.74. The van der Waals surface area contributed by atoms with Crippen LogP contribution in [-0.4, -0.2) is 37.7 Å². The molecule has 0 aliphatic heterocycles. The zero-order valence-corrected chi connectivity index (χ0v) is 11.0. The van der Waals surface area contributed by atoms with Gasteiger partial charge in [0, 0.05) is 6.54 Å². The molecule has 5 nitrogen and oxygen atoms in total. The molecule has 1 rings (SSSR count). The third-order valence-electron chi connectivity index (χ3n) is 3.17. The van der Waals surface area contributed by atoms with Crippen LogP contribution in [0.3, 0.4) is 0 Å². The first-order chi connectivity index (χ1) is 7.16. The molecule has 1 saturated carbocycles. The van der Waals surface area contributed by atoms with Crippen molar-refractivity contribution >= 4 is 15.9 Å². The molecule has 0 heterocycles. The zero-order valence-electron chi connectivity index (χ0n) is 10.2. The Morgan fingerprint density at radius 1 is 1.44 bits per heavy atom. The minimum Gasteiger partial charge on any atom is -0.453 e. The van der Waals surface area contributed by atoms with E-state index in [1.807, 2.05) is 0 Å². The number of carbonyl (C=O) groups excluding carboxylic acids is 1. The minimum atomic E-state index is -3.24. The van der Waals surface area contributed by atoms with Gasteiger partial charge in [-0.2, -0.15) is 0 Å². The van der Waals surface area contributed by atoms with E-state index in [0.717, 1.165) is 0 Å². The van der Waals surface area contributed by atoms with Gasteiger partial charge in [0.15, 0.2) is 9.84 Å². The van der Waals surface area contributed by atoms with Crippen LogP contribution in [0.5, 0.6) is 0 Å². The van der Waals surface area contributed by atoms with E-state index >= 15 is 0 Å². The SMILES string of the molecule is COC(=O)NCC(C)(C)S(=O)(=O)C1(C)CC1. The van der Waals surface area contributed by atoms with Crippen molar-refractivity contribution in [3.8, 4) is 0 Å². The summed E-state index contributed by atoms with van der Waals surface area (Å²) in [7, 11) is -1.99. The van der Waals surface area contributed by atoms with Gasteiger partial charge in [0.25, 0.3) is 0 Å². The Morgan fingerprint density at radius 3 is 2.31 bits per heavy atom. The van der Waals surface area contributed by atoms with E-state index < -0.39 is 25.4 Å². The summed E-state index contributed by atoms with van der Waals surface area (Å²) in [6.07, 6.45) is 0.803. The second kappa shape index (κ2) is 3.91. The molecule has 0 atom stereocenters. The average Bonchev–Trinajstić information content (AvgIpc) is 2.94.